The smallest absolute Gasteiger partial charge is 0.236 e. The van der Waals surface area contributed by atoms with Crippen LogP contribution in [0.4, 0.5) is 0 Å². The van der Waals surface area contributed by atoms with Crippen LogP contribution in [0.1, 0.15) is 25.0 Å². The first-order chi connectivity index (χ1) is 13.2. The molecule has 144 valence electrons. The Bertz CT molecular complexity index is 812. The minimum atomic E-state index is 0.0711. The zero-order chi connectivity index (χ0) is 18.6. The molecule has 2 amide bonds. The highest BCUT2D eigenvalue weighted by atomic mass is 16.5. The number of benzene rings is 1. The number of aromatic nitrogens is 1. The Morgan fingerprint density at radius 3 is 2.48 bits per heavy atom. The molecule has 7 nitrogen and oxygen atoms in total. The van der Waals surface area contributed by atoms with E-state index in [0.29, 0.717) is 24.4 Å². The van der Waals surface area contributed by atoms with Crippen molar-refractivity contribution in [3.05, 3.63) is 30.0 Å². The van der Waals surface area contributed by atoms with Crippen LogP contribution in [0, 0.1) is 0 Å². The average molecular weight is 370 g/mol. The van der Waals surface area contributed by atoms with Gasteiger partial charge < -0.3 is 14.3 Å². The largest absolute Gasteiger partial charge is 0.356 e. The number of hydrogen-bond acceptors (Lipinski definition) is 5. The molecule has 7 heteroatoms. The van der Waals surface area contributed by atoms with Crippen LogP contribution in [0.3, 0.4) is 0 Å². The third kappa shape index (κ3) is 4.13. The fourth-order valence-corrected chi connectivity index (χ4v) is 3.96. The molecular formula is C20H26N4O3. The molecule has 27 heavy (non-hydrogen) atoms. The molecule has 4 rings (SSSR count). The second kappa shape index (κ2) is 8.08. The molecule has 2 saturated heterocycles. The zero-order valence-electron chi connectivity index (χ0n) is 15.6. The number of likely N-dealkylation sites (tertiary alicyclic amines) is 1. The van der Waals surface area contributed by atoms with Crippen LogP contribution in [0.25, 0.3) is 11.0 Å². The van der Waals surface area contributed by atoms with Crippen molar-refractivity contribution >= 4 is 22.8 Å². The Labute approximate surface area is 158 Å². The summed E-state index contributed by atoms with van der Waals surface area (Å²) in [6.07, 6.45) is 3.37. The van der Waals surface area contributed by atoms with Gasteiger partial charge in [0, 0.05) is 44.7 Å². The lowest BCUT2D eigenvalue weighted by Gasteiger charge is -2.23. The standard InChI is InChI=1S/C20H26N4O3/c25-19(14-17-16-6-1-2-7-18(16)27-21-17)24-11-5-8-22(12-13-24)15-20(26)23-9-3-4-10-23/h1-2,6-7H,3-5,8-15H2. The number of carbonyl (C=O) groups excluding carboxylic acids is 2. The van der Waals surface area contributed by atoms with Gasteiger partial charge in [0.25, 0.3) is 0 Å². The molecule has 3 heterocycles. The van der Waals surface area contributed by atoms with Crippen LogP contribution in [0.15, 0.2) is 28.8 Å². The number of hydrogen-bond donors (Lipinski definition) is 0. The lowest BCUT2D eigenvalue weighted by molar-refractivity contribution is -0.131. The molecule has 2 aliphatic heterocycles. The summed E-state index contributed by atoms with van der Waals surface area (Å²) >= 11 is 0. The highest BCUT2D eigenvalue weighted by Gasteiger charge is 2.24. The third-order valence-electron chi connectivity index (χ3n) is 5.53. The van der Waals surface area contributed by atoms with Crippen LogP contribution in [-0.4, -0.2) is 77.5 Å². The molecule has 0 spiro atoms. The lowest BCUT2D eigenvalue weighted by Crippen LogP contribution is -2.41. The van der Waals surface area contributed by atoms with Gasteiger partial charge >= 0.3 is 0 Å². The molecular weight excluding hydrogens is 344 g/mol. The Morgan fingerprint density at radius 1 is 0.889 bits per heavy atom. The van der Waals surface area contributed by atoms with Gasteiger partial charge in [0.15, 0.2) is 5.58 Å². The van der Waals surface area contributed by atoms with Gasteiger partial charge in [-0.2, -0.15) is 0 Å². The van der Waals surface area contributed by atoms with Gasteiger partial charge in [0.05, 0.1) is 13.0 Å². The Hall–Kier alpha value is -2.41. The predicted octanol–water partition coefficient (Wildman–Crippen LogP) is 1.53. The Balaban J connectivity index is 1.32. The summed E-state index contributed by atoms with van der Waals surface area (Å²) in [5.74, 6) is 0.295. The Kier molecular flexibility index (Phi) is 5.38. The number of carbonyl (C=O) groups is 2. The summed E-state index contributed by atoms with van der Waals surface area (Å²) in [4.78, 5) is 31.1. The second-order valence-electron chi connectivity index (χ2n) is 7.40. The van der Waals surface area contributed by atoms with Gasteiger partial charge in [-0.25, -0.2) is 0 Å². The van der Waals surface area contributed by atoms with Crippen molar-refractivity contribution in [1.29, 1.82) is 0 Å². The van der Waals surface area contributed by atoms with E-state index in [-0.39, 0.29) is 18.2 Å². The van der Waals surface area contributed by atoms with E-state index in [9.17, 15) is 9.59 Å². The van der Waals surface area contributed by atoms with Crippen molar-refractivity contribution in [2.75, 3.05) is 45.8 Å². The van der Waals surface area contributed by atoms with Crippen LogP contribution in [-0.2, 0) is 16.0 Å². The number of amides is 2. The van der Waals surface area contributed by atoms with Crippen molar-refractivity contribution in [2.24, 2.45) is 0 Å². The van der Waals surface area contributed by atoms with Crippen molar-refractivity contribution in [1.82, 2.24) is 19.9 Å². The Morgan fingerprint density at radius 2 is 1.63 bits per heavy atom. The summed E-state index contributed by atoms with van der Waals surface area (Å²) < 4.78 is 5.30. The second-order valence-corrected chi connectivity index (χ2v) is 7.40. The zero-order valence-corrected chi connectivity index (χ0v) is 15.6. The summed E-state index contributed by atoms with van der Waals surface area (Å²) in [5.41, 5.74) is 1.41. The van der Waals surface area contributed by atoms with E-state index >= 15 is 0 Å². The molecule has 0 N–H and O–H groups in total. The highest BCUT2D eigenvalue weighted by Crippen LogP contribution is 2.19. The monoisotopic (exact) mass is 370 g/mol. The molecule has 2 aromatic rings. The number of nitrogens with zero attached hydrogens (tertiary/aromatic N) is 4. The topological polar surface area (TPSA) is 69.9 Å². The van der Waals surface area contributed by atoms with E-state index in [1.807, 2.05) is 34.1 Å². The number of rotatable bonds is 4. The SMILES string of the molecule is O=C(Cc1noc2ccccc12)N1CCCN(CC(=O)N2CCCC2)CC1. The molecule has 2 fully saturated rings. The van der Waals surface area contributed by atoms with Gasteiger partial charge in [-0.15, -0.1) is 0 Å². The van der Waals surface area contributed by atoms with Crippen molar-refractivity contribution in [2.45, 2.75) is 25.7 Å². The van der Waals surface area contributed by atoms with Crippen LogP contribution < -0.4 is 0 Å². The summed E-state index contributed by atoms with van der Waals surface area (Å²) in [6, 6.07) is 7.61. The van der Waals surface area contributed by atoms with Crippen LogP contribution >= 0.6 is 0 Å². The molecule has 0 bridgehead atoms. The molecule has 2 aliphatic rings. The van der Waals surface area contributed by atoms with E-state index in [1.54, 1.807) is 0 Å². The first kappa shape index (κ1) is 18.0. The first-order valence-electron chi connectivity index (χ1n) is 9.82. The molecule has 0 radical (unpaired) electrons. The first-order valence-corrected chi connectivity index (χ1v) is 9.82. The fraction of sp³-hybridized carbons (Fsp3) is 0.550. The van der Waals surface area contributed by atoms with Crippen molar-refractivity contribution in [3.63, 3.8) is 0 Å². The maximum Gasteiger partial charge on any atom is 0.236 e. The van der Waals surface area contributed by atoms with E-state index in [0.717, 1.165) is 57.4 Å². The van der Waals surface area contributed by atoms with Gasteiger partial charge in [-0.05, 0) is 31.4 Å². The maximum absolute atomic E-state index is 12.8. The van der Waals surface area contributed by atoms with Gasteiger partial charge in [0.2, 0.25) is 11.8 Å². The van der Waals surface area contributed by atoms with E-state index in [2.05, 4.69) is 10.1 Å². The molecule has 1 aromatic carbocycles. The third-order valence-corrected chi connectivity index (χ3v) is 5.53. The van der Waals surface area contributed by atoms with E-state index in [1.165, 1.54) is 0 Å². The molecule has 0 unspecified atom stereocenters. The summed E-state index contributed by atoms with van der Waals surface area (Å²) in [5, 5.41) is 4.97. The molecule has 0 atom stereocenters. The van der Waals surface area contributed by atoms with Crippen LogP contribution in [0.5, 0.6) is 0 Å². The number of para-hydroxylation sites is 1. The average Bonchev–Trinajstić information content (AvgIpc) is 3.29. The van der Waals surface area contributed by atoms with E-state index in [4.69, 9.17) is 4.52 Å². The normalized spacial score (nSPS) is 18.8. The molecule has 1 aromatic heterocycles. The predicted molar refractivity (Wildman–Crippen MR) is 101 cm³/mol. The minimum absolute atomic E-state index is 0.0711. The van der Waals surface area contributed by atoms with E-state index < -0.39 is 0 Å². The number of fused-ring (bicyclic) bond motifs is 1. The molecule has 0 aliphatic carbocycles. The lowest BCUT2D eigenvalue weighted by atomic mass is 10.1. The van der Waals surface area contributed by atoms with Crippen molar-refractivity contribution in [3.8, 4) is 0 Å². The van der Waals surface area contributed by atoms with Gasteiger partial charge in [-0.3, -0.25) is 14.5 Å². The molecule has 0 saturated carbocycles. The van der Waals surface area contributed by atoms with Gasteiger partial charge in [-0.1, -0.05) is 17.3 Å². The summed E-state index contributed by atoms with van der Waals surface area (Å²) in [6.45, 7) is 5.23. The quantitative estimate of drug-likeness (QED) is 0.816. The maximum atomic E-state index is 12.8. The fourth-order valence-electron chi connectivity index (χ4n) is 3.96. The highest BCUT2D eigenvalue weighted by molar-refractivity contribution is 5.86. The van der Waals surface area contributed by atoms with Gasteiger partial charge in [0.1, 0.15) is 5.69 Å². The van der Waals surface area contributed by atoms with Crippen molar-refractivity contribution < 1.29 is 14.1 Å². The minimum Gasteiger partial charge on any atom is -0.356 e. The van der Waals surface area contributed by atoms with Crippen LogP contribution in [0.2, 0.25) is 0 Å². The summed E-state index contributed by atoms with van der Waals surface area (Å²) in [7, 11) is 0.